The number of hydrogen-bond acceptors (Lipinski definition) is 2. The zero-order valence-electron chi connectivity index (χ0n) is 5.21. The maximum atomic E-state index is 8.36. The molecule has 0 aromatic carbocycles. The van der Waals surface area contributed by atoms with Crippen LogP contribution in [-0.2, 0) is 0 Å². The molecule has 0 aliphatic carbocycles. The second-order valence-corrected chi connectivity index (χ2v) is 0.238. The van der Waals surface area contributed by atoms with Crippen molar-refractivity contribution in [1.82, 2.24) is 0 Å². The molecule has 0 unspecified atom stereocenters. The molecule has 0 saturated carbocycles. The SMILES string of the molecule is O.O.O.O.O.O.O.O=[N+]([O-])O.[LiH].[MgH2]. The zero-order valence-corrected chi connectivity index (χ0v) is 5.21. The van der Waals surface area contributed by atoms with E-state index in [1.165, 1.54) is 0 Å². The smallest absolute Gasteiger partial charge is 0.316 e. The molecule has 86 valence electrons. The van der Waals surface area contributed by atoms with Crippen LogP contribution in [0.3, 0.4) is 0 Å². The van der Waals surface area contributed by atoms with Gasteiger partial charge in [0.25, 0.3) is 5.09 Å². The van der Waals surface area contributed by atoms with Crippen molar-refractivity contribution in [1.29, 1.82) is 0 Å². The third-order valence-electron chi connectivity index (χ3n) is 0. The molecule has 0 radical (unpaired) electrons. The van der Waals surface area contributed by atoms with Crippen molar-refractivity contribution in [3.63, 3.8) is 0 Å². The van der Waals surface area contributed by atoms with Gasteiger partial charge in [-0.25, -0.2) is 0 Å². The van der Waals surface area contributed by atoms with Crippen LogP contribution in [-0.4, -0.2) is 90.5 Å². The van der Waals surface area contributed by atoms with Crippen molar-refractivity contribution in [2.24, 2.45) is 0 Å². The molecule has 11 nitrogen and oxygen atoms in total. The molecule has 0 fully saturated rings. The molecular weight excluding hydrogens is 205 g/mol. The van der Waals surface area contributed by atoms with Gasteiger partial charge in [-0.1, -0.05) is 0 Å². The van der Waals surface area contributed by atoms with Crippen molar-refractivity contribution < 1.29 is 48.6 Å². The van der Waals surface area contributed by atoms with Gasteiger partial charge in [-0.3, -0.25) is 0 Å². The summed E-state index contributed by atoms with van der Waals surface area (Å²) < 4.78 is 0. The van der Waals surface area contributed by atoms with E-state index in [1.54, 1.807) is 0 Å². The van der Waals surface area contributed by atoms with Crippen molar-refractivity contribution in [2.45, 2.75) is 0 Å². The zero-order chi connectivity index (χ0) is 3.58. The summed E-state index contributed by atoms with van der Waals surface area (Å²) in [7, 11) is 0. The summed E-state index contributed by atoms with van der Waals surface area (Å²) in [6.45, 7) is 0. The molecule has 0 aromatic heterocycles. The molecule has 15 N–H and O–H groups in total. The van der Waals surface area contributed by atoms with Gasteiger partial charge in [-0.2, -0.15) is 0 Å². The first-order valence-electron chi connectivity index (χ1n) is 0.565. The number of rotatable bonds is 0. The quantitative estimate of drug-likeness (QED) is 0.238. The topological polar surface area (TPSA) is 284 Å². The molecule has 0 aliphatic heterocycles. The molecule has 0 aliphatic rings. The maximum Gasteiger partial charge on any atom is 0.316 e. The summed E-state index contributed by atoms with van der Waals surface area (Å²) in [6, 6.07) is 0. The predicted molar refractivity (Wildman–Crippen MR) is 49.8 cm³/mol. The van der Waals surface area contributed by atoms with E-state index in [-0.39, 0.29) is 80.2 Å². The Labute approximate surface area is 101 Å². The summed E-state index contributed by atoms with van der Waals surface area (Å²) in [5.74, 6) is 0. The molecule has 0 heterocycles. The Morgan fingerprint density at radius 1 is 0.846 bits per heavy atom. The van der Waals surface area contributed by atoms with Gasteiger partial charge < -0.3 is 43.5 Å². The van der Waals surface area contributed by atoms with Crippen molar-refractivity contribution in [3.8, 4) is 0 Å². The second kappa shape index (κ2) is 145. The van der Waals surface area contributed by atoms with Crippen LogP contribution in [0.5, 0.6) is 0 Å². The normalized spacial score (nSPS) is 1.85. The minimum atomic E-state index is -1.50. The number of nitrogens with zero attached hydrogens (tertiary/aromatic N) is 1. The van der Waals surface area contributed by atoms with Gasteiger partial charge in [0.15, 0.2) is 0 Å². The van der Waals surface area contributed by atoms with Gasteiger partial charge in [0.05, 0.1) is 0 Å². The summed E-state index contributed by atoms with van der Waals surface area (Å²) in [5, 5.41) is 13.6. The molecule has 0 amide bonds. The average molecular weight is 223 g/mol. The predicted octanol–water partition coefficient (Wildman–Crippen LogP) is -7.69. The third-order valence-corrected chi connectivity index (χ3v) is 0. The van der Waals surface area contributed by atoms with Crippen LogP contribution in [0, 0.1) is 10.1 Å². The van der Waals surface area contributed by atoms with E-state index in [0.29, 0.717) is 0 Å². The Hall–Kier alpha value is 0.284. The van der Waals surface area contributed by atoms with E-state index >= 15 is 0 Å². The monoisotopic (exact) mass is 223 g/mol. The minimum absolute atomic E-state index is 0. The van der Waals surface area contributed by atoms with Crippen LogP contribution in [0.4, 0.5) is 0 Å². The molecule has 0 aromatic rings. The van der Waals surface area contributed by atoms with Crippen molar-refractivity contribution >= 4 is 41.9 Å². The Morgan fingerprint density at radius 3 is 0.846 bits per heavy atom. The number of hydrogen-bond donors (Lipinski definition) is 1. The van der Waals surface area contributed by atoms with Crippen LogP contribution >= 0.6 is 0 Å². The largest absolute Gasteiger partial charge is 0.316 e. The molecule has 0 atom stereocenters. The van der Waals surface area contributed by atoms with Crippen LogP contribution in [0.1, 0.15) is 0 Å². The van der Waals surface area contributed by atoms with Crippen LogP contribution in [0.25, 0.3) is 0 Å². The first kappa shape index (κ1) is 186. The van der Waals surface area contributed by atoms with E-state index in [0.717, 1.165) is 0 Å². The summed E-state index contributed by atoms with van der Waals surface area (Å²) in [6.07, 6.45) is 0. The Morgan fingerprint density at radius 2 is 0.846 bits per heavy atom. The minimum Gasteiger partial charge on any atom is 0.316 e. The first-order chi connectivity index (χ1) is 1.73. The fourth-order valence-electron chi connectivity index (χ4n) is 0. The Balaban J connectivity index is -0.00000000125. The van der Waals surface area contributed by atoms with E-state index in [1.807, 2.05) is 0 Å². The van der Waals surface area contributed by atoms with Crippen LogP contribution < -0.4 is 0 Å². The Bertz CT molecular complexity index is 37.9. The molecule has 13 heavy (non-hydrogen) atoms. The molecule has 13 heteroatoms. The Kier molecular flexibility index (Phi) is 2070. The van der Waals surface area contributed by atoms with Gasteiger partial charge in [0, 0.05) is 0 Å². The van der Waals surface area contributed by atoms with Crippen LogP contribution in [0.2, 0.25) is 0 Å². The summed E-state index contributed by atoms with van der Waals surface area (Å²) in [4.78, 5) is 8.36. The van der Waals surface area contributed by atoms with Crippen molar-refractivity contribution in [2.75, 3.05) is 0 Å². The van der Waals surface area contributed by atoms with Gasteiger partial charge >= 0.3 is 41.9 Å². The summed E-state index contributed by atoms with van der Waals surface area (Å²) >= 11 is 0. The van der Waals surface area contributed by atoms with Gasteiger partial charge in [0.1, 0.15) is 0 Å². The molecular formula is H18LiMgNO10. The van der Waals surface area contributed by atoms with E-state index in [9.17, 15) is 0 Å². The van der Waals surface area contributed by atoms with E-state index in [4.69, 9.17) is 15.3 Å². The second-order valence-electron chi connectivity index (χ2n) is 0.238. The van der Waals surface area contributed by atoms with E-state index < -0.39 is 5.09 Å². The maximum absolute atomic E-state index is 8.36. The fourth-order valence-corrected chi connectivity index (χ4v) is 0. The van der Waals surface area contributed by atoms with Gasteiger partial charge in [-0.05, 0) is 0 Å². The van der Waals surface area contributed by atoms with Gasteiger partial charge in [-0.15, -0.1) is 10.1 Å². The molecule has 0 saturated heterocycles. The summed E-state index contributed by atoms with van der Waals surface area (Å²) in [5.41, 5.74) is 0. The van der Waals surface area contributed by atoms with Crippen LogP contribution in [0.15, 0.2) is 0 Å². The molecule has 0 bridgehead atoms. The third kappa shape index (κ3) is 16100. The van der Waals surface area contributed by atoms with E-state index in [2.05, 4.69) is 0 Å². The van der Waals surface area contributed by atoms with Gasteiger partial charge in [0.2, 0.25) is 0 Å². The standard InChI is InChI=1S/Li.Mg.HNO3.7H2O.3H/c;;2-1(3)4;;;;;;;;;;/h;;(H,2,3,4);7*1H2;;;. The molecule has 0 rings (SSSR count). The van der Waals surface area contributed by atoms with Crippen molar-refractivity contribution in [3.05, 3.63) is 10.1 Å². The fraction of sp³-hybridized carbons (Fsp3) is 0. The molecule has 0 spiro atoms. The first-order valence-corrected chi connectivity index (χ1v) is 0.565. The average Bonchev–Trinajstić information content (AvgIpc) is 0.811.